The molecule has 1 aromatic carbocycles. The van der Waals surface area contributed by atoms with Gasteiger partial charge < -0.3 is 0 Å². The Hall–Kier alpha value is -1.95. The number of terminal acetylenes is 1. The lowest BCUT2D eigenvalue weighted by molar-refractivity contribution is -0.120. The van der Waals surface area contributed by atoms with Gasteiger partial charge in [0.05, 0.1) is 5.69 Å². The van der Waals surface area contributed by atoms with Crippen LogP contribution in [0.25, 0.3) is 0 Å². The Kier molecular flexibility index (Phi) is 4.24. The molecule has 1 rings (SSSR count). The zero-order chi connectivity index (χ0) is 11.1. The van der Waals surface area contributed by atoms with Crippen LogP contribution in [0.4, 0.5) is 5.69 Å². The first kappa shape index (κ1) is 11.1. The molecule has 0 spiro atoms. The highest BCUT2D eigenvalue weighted by molar-refractivity contribution is 5.77. The van der Waals surface area contributed by atoms with Crippen LogP contribution < -0.4 is 10.9 Å². The highest BCUT2D eigenvalue weighted by Crippen LogP contribution is 2.11. The third-order valence-corrected chi connectivity index (χ3v) is 1.98. The van der Waals surface area contributed by atoms with Crippen LogP contribution in [0.3, 0.4) is 0 Å². The Morgan fingerprint density at radius 3 is 2.87 bits per heavy atom. The van der Waals surface area contributed by atoms with E-state index in [1.807, 2.05) is 31.2 Å². The molecule has 0 aliphatic heterocycles. The molecule has 0 fully saturated rings. The summed E-state index contributed by atoms with van der Waals surface area (Å²) in [5, 5.41) is 0. The van der Waals surface area contributed by atoms with Crippen LogP contribution in [0.15, 0.2) is 24.3 Å². The molecule has 3 heteroatoms. The molecule has 0 radical (unpaired) electrons. The molecule has 15 heavy (non-hydrogen) atoms. The molecule has 0 aromatic heterocycles. The van der Waals surface area contributed by atoms with Gasteiger partial charge in [0.15, 0.2) is 0 Å². The molecule has 0 heterocycles. The summed E-state index contributed by atoms with van der Waals surface area (Å²) in [7, 11) is 0. The van der Waals surface area contributed by atoms with Crippen molar-refractivity contribution in [2.75, 3.05) is 5.43 Å². The largest absolute Gasteiger partial charge is 0.298 e. The number of rotatable bonds is 4. The second-order valence-corrected chi connectivity index (χ2v) is 3.19. The number of para-hydroxylation sites is 1. The number of hydrogen-bond donors (Lipinski definition) is 2. The van der Waals surface area contributed by atoms with E-state index in [9.17, 15) is 4.79 Å². The first-order chi connectivity index (χ1) is 7.24. The van der Waals surface area contributed by atoms with Crippen LogP contribution in [0.5, 0.6) is 0 Å². The Labute approximate surface area is 89.9 Å². The average molecular weight is 202 g/mol. The van der Waals surface area contributed by atoms with Gasteiger partial charge >= 0.3 is 0 Å². The SMILES string of the molecule is C#CCCC(=O)NNc1ccccc1C. The van der Waals surface area contributed by atoms with Gasteiger partial charge in [-0.3, -0.25) is 15.6 Å². The second kappa shape index (κ2) is 5.71. The van der Waals surface area contributed by atoms with Crippen molar-refractivity contribution < 1.29 is 4.79 Å². The summed E-state index contributed by atoms with van der Waals surface area (Å²) in [6.07, 6.45) is 5.86. The minimum absolute atomic E-state index is 0.101. The summed E-state index contributed by atoms with van der Waals surface area (Å²) in [6.45, 7) is 1.97. The smallest absolute Gasteiger partial charge is 0.239 e. The number of carbonyl (C=O) groups is 1. The summed E-state index contributed by atoms with van der Waals surface area (Å²) in [4.78, 5) is 11.2. The Balaban J connectivity index is 2.41. The fourth-order valence-electron chi connectivity index (χ4n) is 1.10. The number of hydrazine groups is 1. The van der Waals surface area contributed by atoms with Gasteiger partial charge in [-0.05, 0) is 18.6 Å². The normalized spacial score (nSPS) is 9.07. The molecular weight excluding hydrogens is 188 g/mol. The quantitative estimate of drug-likeness (QED) is 0.578. The first-order valence-corrected chi connectivity index (χ1v) is 4.78. The van der Waals surface area contributed by atoms with E-state index >= 15 is 0 Å². The van der Waals surface area contributed by atoms with E-state index in [0.29, 0.717) is 12.8 Å². The predicted molar refractivity (Wildman–Crippen MR) is 61.0 cm³/mol. The van der Waals surface area contributed by atoms with E-state index in [2.05, 4.69) is 16.8 Å². The molecule has 0 saturated heterocycles. The van der Waals surface area contributed by atoms with Gasteiger partial charge in [0.2, 0.25) is 5.91 Å². The van der Waals surface area contributed by atoms with Crippen molar-refractivity contribution in [3.63, 3.8) is 0 Å². The number of nitrogens with one attached hydrogen (secondary N) is 2. The number of benzene rings is 1. The van der Waals surface area contributed by atoms with E-state index in [1.165, 1.54) is 0 Å². The topological polar surface area (TPSA) is 41.1 Å². The van der Waals surface area contributed by atoms with Gasteiger partial charge in [0, 0.05) is 12.8 Å². The average Bonchev–Trinajstić information content (AvgIpc) is 2.25. The maximum Gasteiger partial charge on any atom is 0.239 e. The zero-order valence-corrected chi connectivity index (χ0v) is 8.71. The van der Waals surface area contributed by atoms with Crippen LogP contribution in [-0.4, -0.2) is 5.91 Å². The maximum absolute atomic E-state index is 11.2. The zero-order valence-electron chi connectivity index (χ0n) is 8.71. The molecule has 1 amide bonds. The molecule has 0 saturated carbocycles. The maximum atomic E-state index is 11.2. The monoisotopic (exact) mass is 202 g/mol. The minimum Gasteiger partial charge on any atom is -0.298 e. The summed E-state index contributed by atoms with van der Waals surface area (Å²) in [6, 6.07) is 7.72. The van der Waals surface area contributed by atoms with E-state index in [0.717, 1.165) is 11.3 Å². The third-order valence-electron chi connectivity index (χ3n) is 1.98. The van der Waals surface area contributed by atoms with Crippen LogP contribution in [0.2, 0.25) is 0 Å². The number of hydrogen-bond acceptors (Lipinski definition) is 2. The lowest BCUT2D eigenvalue weighted by atomic mass is 10.2. The van der Waals surface area contributed by atoms with Crippen LogP contribution in [-0.2, 0) is 4.79 Å². The Morgan fingerprint density at radius 2 is 2.20 bits per heavy atom. The van der Waals surface area contributed by atoms with Gasteiger partial charge in [0.1, 0.15) is 0 Å². The summed E-state index contributed by atoms with van der Waals surface area (Å²) in [5.41, 5.74) is 7.42. The van der Waals surface area contributed by atoms with Crippen molar-refractivity contribution in [1.82, 2.24) is 5.43 Å². The van der Waals surface area contributed by atoms with Crippen LogP contribution in [0.1, 0.15) is 18.4 Å². The predicted octanol–water partition coefficient (Wildman–Crippen LogP) is 1.85. The van der Waals surface area contributed by atoms with E-state index in [4.69, 9.17) is 6.42 Å². The van der Waals surface area contributed by atoms with Crippen molar-refractivity contribution in [3.05, 3.63) is 29.8 Å². The van der Waals surface area contributed by atoms with E-state index < -0.39 is 0 Å². The molecule has 0 unspecified atom stereocenters. The fraction of sp³-hybridized carbons (Fsp3) is 0.250. The Bertz CT molecular complexity index is 379. The van der Waals surface area contributed by atoms with Gasteiger partial charge in [-0.2, -0.15) is 0 Å². The lowest BCUT2D eigenvalue weighted by Crippen LogP contribution is -2.29. The molecule has 0 atom stereocenters. The van der Waals surface area contributed by atoms with Gasteiger partial charge in [0.25, 0.3) is 0 Å². The third kappa shape index (κ3) is 3.74. The Morgan fingerprint density at radius 1 is 1.47 bits per heavy atom. The fourth-order valence-corrected chi connectivity index (χ4v) is 1.10. The molecule has 3 nitrogen and oxygen atoms in total. The highest BCUT2D eigenvalue weighted by Gasteiger charge is 2.00. The molecule has 0 aliphatic rings. The summed E-state index contributed by atoms with van der Waals surface area (Å²) in [5.74, 6) is 2.32. The standard InChI is InChI=1S/C12H14N2O/c1-3-4-9-12(15)14-13-11-8-6-5-7-10(11)2/h1,5-8,13H,4,9H2,2H3,(H,14,15). The number of anilines is 1. The van der Waals surface area contributed by atoms with E-state index in [1.54, 1.807) is 0 Å². The van der Waals surface area contributed by atoms with Crippen LogP contribution in [0, 0.1) is 19.3 Å². The minimum atomic E-state index is -0.101. The lowest BCUT2D eigenvalue weighted by Gasteiger charge is -2.09. The molecule has 0 aliphatic carbocycles. The van der Waals surface area contributed by atoms with Crippen LogP contribution >= 0.6 is 0 Å². The van der Waals surface area contributed by atoms with Crippen molar-refractivity contribution >= 4 is 11.6 Å². The van der Waals surface area contributed by atoms with Gasteiger partial charge in [-0.1, -0.05) is 18.2 Å². The van der Waals surface area contributed by atoms with Gasteiger partial charge in [-0.15, -0.1) is 12.3 Å². The van der Waals surface area contributed by atoms with Crippen molar-refractivity contribution in [2.24, 2.45) is 0 Å². The molecular formula is C12H14N2O. The molecule has 0 bridgehead atoms. The van der Waals surface area contributed by atoms with Gasteiger partial charge in [-0.25, -0.2) is 0 Å². The number of aryl methyl sites for hydroxylation is 1. The van der Waals surface area contributed by atoms with Crippen molar-refractivity contribution in [1.29, 1.82) is 0 Å². The molecule has 1 aromatic rings. The first-order valence-electron chi connectivity index (χ1n) is 4.78. The van der Waals surface area contributed by atoms with Crippen molar-refractivity contribution in [3.8, 4) is 12.3 Å². The second-order valence-electron chi connectivity index (χ2n) is 3.19. The van der Waals surface area contributed by atoms with E-state index in [-0.39, 0.29) is 5.91 Å². The number of amides is 1. The number of carbonyl (C=O) groups excluding carboxylic acids is 1. The van der Waals surface area contributed by atoms with Crippen molar-refractivity contribution in [2.45, 2.75) is 19.8 Å². The summed E-state index contributed by atoms with van der Waals surface area (Å²) >= 11 is 0. The molecule has 2 N–H and O–H groups in total. The molecule has 78 valence electrons. The highest BCUT2D eigenvalue weighted by atomic mass is 16.2. The summed E-state index contributed by atoms with van der Waals surface area (Å²) < 4.78 is 0.